The Balaban J connectivity index is 0.00000461. The third kappa shape index (κ3) is 7.78. The number of primary amides is 1. The summed E-state index contributed by atoms with van der Waals surface area (Å²) < 4.78 is 46.2. The Morgan fingerprint density at radius 3 is 2.44 bits per heavy atom. The van der Waals surface area contributed by atoms with Gasteiger partial charge in [-0.15, -0.1) is 0 Å². The molecule has 2 unspecified atom stereocenters. The molecule has 1 aliphatic heterocycles. The molecule has 23 heteroatoms. The van der Waals surface area contributed by atoms with E-state index in [9.17, 15) is 44.1 Å². The molecule has 45 heavy (non-hydrogen) atoms. The van der Waals surface area contributed by atoms with Crippen LogP contribution in [0.15, 0.2) is 37.2 Å². The summed E-state index contributed by atoms with van der Waals surface area (Å²) in [5.74, 6) is -1.67. The first-order valence-corrected chi connectivity index (χ1v) is 15.8. The molecule has 2 aliphatic rings. The van der Waals surface area contributed by atoms with Crippen LogP contribution in [0.3, 0.4) is 0 Å². The number of phosphoric acid groups is 2. The number of pyridine rings is 1. The summed E-state index contributed by atoms with van der Waals surface area (Å²) in [4.78, 5) is 47.9. The number of carbonyl (C=O) groups excluding carboxylic acids is 1. The third-order valence-electron chi connectivity index (χ3n) is 7.30. The van der Waals surface area contributed by atoms with Gasteiger partial charge in [-0.1, -0.05) is 0 Å². The number of anilines is 1. The van der Waals surface area contributed by atoms with Gasteiger partial charge in [0, 0.05) is 18.4 Å². The number of nitrogen functional groups attached to an aromatic ring is 1. The number of ether oxygens (including phenoxy) is 1. The van der Waals surface area contributed by atoms with Gasteiger partial charge in [0.05, 0.1) is 25.6 Å². The first-order chi connectivity index (χ1) is 20.7. The number of fused-ring (bicyclic) bond motifs is 1. The topological polar surface area (TPSA) is 315 Å². The van der Waals surface area contributed by atoms with Crippen molar-refractivity contribution in [3.63, 3.8) is 0 Å². The van der Waals surface area contributed by atoms with Gasteiger partial charge in [-0.2, -0.15) is 4.57 Å². The van der Waals surface area contributed by atoms with Crippen molar-refractivity contribution in [2.45, 2.75) is 49.2 Å². The Hall–Kier alpha value is -1.97. The quantitative estimate of drug-likeness (QED) is 0.0621. The minimum Gasteiger partial charge on any atom is -0.756 e. The standard InChI is InChI=1S/C22H29N7O13P2.Na/c23-19-14-21(26-8-25-19)29(9-27-14)22-18(33)17(32)13(41-22)7-40-44(37,38)42-43(35,36)39-6-11-4-12(16(31)15(11)30)28-3-1-2-10(5-28)20(24)34;/h1-3,5,8-9,11-13,15-18,22,30-33H,4,6-7H2,(H5-,23,24,25,26,34,35,36,37,38);/q;+1/p-1/t11-,12-,13-,15-,16+,17-,18-,22-;/m1./s1. The van der Waals surface area contributed by atoms with E-state index in [4.69, 9.17) is 16.2 Å². The van der Waals surface area contributed by atoms with Crippen LogP contribution in [0.1, 0.15) is 29.0 Å². The Bertz CT molecular complexity index is 1630. The predicted molar refractivity (Wildman–Crippen MR) is 138 cm³/mol. The number of aliphatic hydroxyl groups excluding tert-OH is 4. The van der Waals surface area contributed by atoms with Gasteiger partial charge in [0.25, 0.3) is 21.6 Å². The van der Waals surface area contributed by atoms with E-state index in [1.165, 1.54) is 40.0 Å². The molecule has 2 fully saturated rings. The maximum absolute atomic E-state index is 12.3. The van der Waals surface area contributed by atoms with Crippen molar-refractivity contribution in [1.82, 2.24) is 19.5 Å². The van der Waals surface area contributed by atoms with Gasteiger partial charge >= 0.3 is 29.6 Å². The van der Waals surface area contributed by atoms with Crippen LogP contribution >= 0.6 is 15.6 Å². The number of carbonyl (C=O) groups is 1. The Kier molecular flexibility index (Phi) is 11.2. The molecule has 0 spiro atoms. The van der Waals surface area contributed by atoms with Gasteiger partial charge in [-0.25, -0.2) is 19.3 Å². The van der Waals surface area contributed by atoms with Gasteiger partial charge in [0.1, 0.15) is 41.8 Å². The molecule has 5 rings (SSSR count). The average molecular weight is 683 g/mol. The number of phosphoric ester groups is 2. The number of aromatic nitrogens is 5. The van der Waals surface area contributed by atoms with E-state index in [1.54, 1.807) is 0 Å². The van der Waals surface area contributed by atoms with Crippen molar-refractivity contribution < 1.29 is 96.4 Å². The van der Waals surface area contributed by atoms with Crippen molar-refractivity contribution in [3.05, 3.63) is 42.7 Å². The second-order valence-electron chi connectivity index (χ2n) is 10.1. The predicted octanol–water partition coefficient (Wildman–Crippen LogP) is -6.61. The zero-order valence-electron chi connectivity index (χ0n) is 23.5. The molecule has 0 radical (unpaired) electrons. The number of nitrogens with zero attached hydrogens (tertiary/aromatic N) is 5. The molecule has 4 heterocycles. The number of imidazole rings is 1. The largest absolute Gasteiger partial charge is 1.00 e. The molecular formula is C22H28N7NaO13P2. The van der Waals surface area contributed by atoms with Gasteiger partial charge in [-0.05, 0) is 6.07 Å². The van der Waals surface area contributed by atoms with E-state index in [0.717, 1.165) is 6.33 Å². The number of amides is 1. The molecule has 1 saturated carbocycles. The average Bonchev–Trinajstić information content (AvgIpc) is 3.61. The fourth-order valence-electron chi connectivity index (χ4n) is 5.08. The van der Waals surface area contributed by atoms with Gasteiger partial charge in [0.2, 0.25) is 0 Å². The second-order valence-corrected chi connectivity index (χ2v) is 13.1. The molecular weight excluding hydrogens is 655 g/mol. The monoisotopic (exact) mass is 683 g/mol. The zero-order chi connectivity index (χ0) is 32.0. The van der Waals surface area contributed by atoms with Crippen LogP contribution in [-0.2, 0) is 27.2 Å². The van der Waals surface area contributed by atoms with Crippen molar-refractivity contribution in [3.8, 4) is 0 Å². The Morgan fingerprint density at radius 2 is 1.76 bits per heavy atom. The number of nitrogens with two attached hydrogens (primary N) is 2. The molecule has 20 nitrogen and oxygen atoms in total. The molecule has 3 aromatic rings. The van der Waals surface area contributed by atoms with E-state index < -0.39 is 83.5 Å². The van der Waals surface area contributed by atoms with Crippen LogP contribution < -0.4 is 55.4 Å². The summed E-state index contributed by atoms with van der Waals surface area (Å²) in [6.45, 7) is -1.73. The first-order valence-electron chi connectivity index (χ1n) is 12.9. The maximum Gasteiger partial charge on any atom is 1.00 e. The number of hydrogen-bond acceptors (Lipinski definition) is 17. The van der Waals surface area contributed by atoms with E-state index in [-0.39, 0.29) is 58.5 Å². The van der Waals surface area contributed by atoms with Gasteiger partial charge in [-0.3, -0.25) is 18.5 Å². The van der Waals surface area contributed by atoms with Gasteiger partial charge < -0.3 is 55.5 Å². The summed E-state index contributed by atoms with van der Waals surface area (Å²) in [7, 11) is -11.2. The van der Waals surface area contributed by atoms with E-state index in [2.05, 4.69) is 28.3 Å². The molecule has 1 amide bonds. The zero-order valence-corrected chi connectivity index (χ0v) is 27.2. The SMILES string of the molecule is NC(=O)c1ccc[n+]([C@@H]2C[C@H](COP(=O)([O-])OP(=O)([O-])OC[C@H]3O[C@@H](n4cnc5c(N)ncnc54)[C@H](O)[C@@H]3O)[C@@H](O)[C@H]2O)c1.[Na+]. The molecule has 10 atom stereocenters. The second kappa shape index (κ2) is 14.0. The van der Waals surface area contributed by atoms with E-state index in [0.29, 0.717) is 0 Å². The minimum absolute atomic E-state index is 0. The molecule has 3 aromatic heterocycles. The summed E-state index contributed by atoms with van der Waals surface area (Å²) in [5.41, 5.74) is 11.5. The minimum atomic E-state index is -5.64. The van der Waals surface area contributed by atoms with Crippen LogP contribution in [0.4, 0.5) is 5.82 Å². The summed E-state index contributed by atoms with van der Waals surface area (Å²) >= 11 is 0. The van der Waals surface area contributed by atoms with Crippen molar-refractivity contribution in [1.29, 1.82) is 0 Å². The normalized spacial score (nSPS) is 30.9. The van der Waals surface area contributed by atoms with Crippen LogP contribution in [-0.4, -0.2) is 89.6 Å². The molecule has 0 aromatic carbocycles. The van der Waals surface area contributed by atoms with E-state index in [1.807, 2.05) is 0 Å². The molecule has 0 bridgehead atoms. The maximum atomic E-state index is 12.3. The van der Waals surface area contributed by atoms with Crippen LogP contribution in [0.5, 0.6) is 0 Å². The molecule has 1 saturated heterocycles. The van der Waals surface area contributed by atoms with Gasteiger partial charge in [0.15, 0.2) is 36.1 Å². The number of rotatable bonds is 11. The summed E-state index contributed by atoms with van der Waals surface area (Å²) in [6, 6.07) is 2.15. The fraction of sp³-hybridized carbons (Fsp3) is 0.500. The number of aliphatic hydroxyl groups is 4. The molecule has 1 aliphatic carbocycles. The number of hydrogen-bond donors (Lipinski definition) is 6. The molecule has 240 valence electrons. The van der Waals surface area contributed by atoms with Crippen LogP contribution in [0.2, 0.25) is 0 Å². The fourth-order valence-corrected chi connectivity index (χ4v) is 7.14. The van der Waals surface area contributed by atoms with Crippen LogP contribution in [0, 0.1) is 5.92 Å². The van der Waals surface area contributed by atoms with E-state index >= 15 is 0 Å². The smallest absolute Gasteiger partial charge is 0.756 e. The van der Waals surface area contributed by atoms with Crippen molar-refractivity contribution in [2.24, 2.45) is 11.7 Å². The van der Waals surface area contributed by atoms with Crippen molar-refractivity contribution in [2.75, 3.05) is 18.9 Å². The third-order valence-corrected chi connectivity index (χ3v) is 9.83. The Labute approximate surface area is 276 Å². The van der Waals surface area contributed by atoms with Crippen LogP contribution in [0.25, 0.3) is 11.2 Å². The summed E-state index contributed by atoms with van der Waals surface area (Å²) in [6.07, 6.45) is -3.73. The molecule has 8 N–H and O–H groups in total. The Morgan fingerprint density at radius 1 is 1.07 bits per heavy atom. The van der Waals surface area contributed by atoms with Crippen molar-refractivity contribution >= 4 is 38.5 Å². The summed E-state index contributed by atoms with van der Waals surface area (Å²) in [5, 5.41) is 41.8. The first kappa shape index (κ1) is 35.9.